The Balaban J connectivity index is 1.48. The van der Waals surface area contributed by atoms with E-state index in [9.17, 15) is 13.2 Å². The van der Waals surface area contributed by atoms with Gasteiger partial charge in [0.1, 0.15) is 5.76 Å². The maximum absolute atomic E-state index is 12.3. The highest BCUT2D eigenvalue weighted by atomic mass is 19.4. The summed E-state index contributed by atoms with van der Waals surface area (Å²) in [7, 11) is 0. The van der Waals surface area contributed by atoms with E-state index in [1.54, 1.807) is 0 Å². The summed E-state index contributed by atoms with van der Waals surface area (Å²) in [4.78, 5) is 0. The van der Waals surface area contributed by atoms with Gasteiger partial charge in [-0.3, -0.25) is 0 Å². The molecule has 136 valence electrons. The van der Waals surface area contributed by atoms with Gasteiger partial charge in [0.2, 0.25) is 0 Å². The molecule has 0 N–H and O–H groups in total. The molecule has 0 atom stereocenters. The van der Waals surface area contributed by atoms with Crippen molar-refractivity contribution in [2.24, 2.45) is 23.7 Å². The Morgan fingerprint density at radius 3 is 1.92 bits per heavy atom. The van der Waals surface area contributed by atoms with Gasteiger partial charge in [0, 0.05) is 6.42 Å². The molecule has 3 aliphatic carbocycles. The van der Waals surface area contributed by atoms with Gasteiger partial charge in [-0.25, -0.2) is 0 Å². The molecule has 0 aromatic heterocycles. The number of ether oxygens (including phenoxy) is 1. The van der Waals surface area contributed by atoms with Crippen molar-refractivity contribution in [1.82, 2.24) is 0 Å². The van der Waals surface area contributed by atoms with E-state index in [-0.39, 0.29) is 5.76 Å². The Labute approximate surface area is 143 Å². The van der Waals surface area contributed by atoms with Crippen LogP contribution in [0.15, 0.2) is 23.5 Å². The minimum absolute atomic E-state index is 0.0521. The summed E-state index contributed by atoms with van der Waals surface area (Å²) in [5, 5.41) is 0. The molecule has 3 aliphatic rings. The lowest BCUT2D eigenvalue weighted by Gasteiger charge is -2.38. The molecule has 24 heavy (non-hydrogen) atoms. The maximum Gasteiger partial charge on any atom is 0.572 e. The van der Waals surface area contributed by atoms with Crippen molar-refractivity contribution in [2.45, 2.75) is 77.5 Å². The first-order valence-corrected chi connectivity index (χ1v) is 9.56. The quantitative estimate of drug-likeness (QED) is 0.550. The summed E-state index contributed by atoms with van der Waals surface area (Å²) in [6.07, 6.45) is 10.6. The maximum atomic E-state index is 12.3. The lowest BCUT2D eigenvalue weighted by Crippen LogP contribution is -2.26. The average molecular weight is 342 g/mol. The van der Waals surface area contributed by atoms with E-state index in [2.05, 4.69) is 11.7 Å². The van der Waals surface area contributed by atoms with Crippen molar-refractivity contribution >= 4 is 0 Å². The highest BCUT2D eigenvalue weighted by Gasteiger charge is 2.34. The van der Waals surface area contributed by atoms with Gasteiger partial charge in [-0.15, -0.1) is 13.2 Å². The fourth-order valence-corrected chi connectivity index (χ4v) is 4.93. The zero-order valence-corrected chi connectivity index (χ0v) is 14.6. The van der Waals surface area contributed by atoms with Crippen molar-refractivity contribution in [3.05, 3.63) is 23.5 Å². The summed E-state index contributed by atoms with van der Waals surface area (Å²) < 4.78 is 40.8. The van der Waals surface area contributed by atoms with Crippen molar-refractivity contribution in [3.8, 4) is 0 Å². The Morgan fingerprint density at radius 2 is 1.42 bits per heavy atom. The molecule has 2 saturated carbocycles. The van der Waals surface area contributed by atoms with Crippen LogP contribution >= 0.6 is 0 Å². The second kappa shape index (κ2) is 7.53. The van der Waals surface area contributed by atoms with Crippen LogP contribution in [0.25, 0.3) is 0 Å². The molecule has 0 spiro atoms. The molecule has 0 saturated heterocycles. The summed E-state index contributed by atoms with van der Waals surface area (Å²) >= 11 is 0. The predicted molar refractivity (Wildman–Crippen MR) is 89.1 cm³/mol. The van der Waals surface area contributed by atoms with E-state index in [0.29, 0.717) is 12.3 Å². The SMILES string of the molecule is CC1CCC(C2CCC(C3=CC=C(OC(F)(F)F)CC3)CC2)CC1. The monoisotopic (exact) mass is 342 g/mol. The van der Waals surface area contributed by atoms with Gasteiger partial charge in [-0.05, 0) is 74.7 Å². The zero-order chi connectivity index (χ0) is 17.2. The molecule has 1 nitrogen and oxygen atoms in total. The van der Waals surface area contributed by atoms with E-state index >= 15 is 0 Å². The molecule has 0 aromatic rings. The second-order valence-corrected chi connectivity index (χ2v) is 8.05. The van der Waals surface area contributed by atoms with Crippen LogP contribution in [0.3, 0.4) is 0 Å². The second-order valence-electron chi connectivity index (χ2n) is 8.05. The Morgan fingerprint density at radius 1 is 0.833 bits per heavy atom. The molecule has 0 amide bonds. The molecule has 3 rings (SSSR count). The average Bonchev–Trinajstić information content (AvgIpc) is 2.55. The predicted octanol–water partition coefficient (Wildman–Crippen LogP) is 6.76. The minimum atomic E-state index is -4.56. The molecule has 0 aliphatic heterocycles. The van der Waals surface area contributed by atoms with Crippen molar-refractivity contribution in [1.29, 1.82) is 0 Å². The smallest absolute Gasteiger partial charge is 0.410 e. The number of alkyl halides is 3. The van der Waals surface area contributed by atoms with E-state index in [1.165, 1.54) is 63.0 Å². The summed E-state index contributed by atoms with van der Waals surface area (Å²) in [5.41, 5.74) is 1.33. The topological polar surface area (TPSA) is 9.23 Å². The molecule has 0 heterocycles. The Bertz CT molecular complexity index is 476. The van der Waals surface area contributed by atoms with E-state index < -0.39 is 6.36 Å². The highest BCUT2D eigenvalue weighted by Crippen LogP contribution is 2.44. The van der Waals surface area contributed by atoms with Crippen molar-refractivity contribution < 1.29 is 17.9 Å². The molecule has 0 bridgehead atoms. The number of halogens is 3. The van der Waals surface area contributed by atoms with Crippen LogP contribution in [0.2, 0.25) is 0 Å². The molecule has 4 heteroatoms. The molecular weight excluding hydrogens is 313 g/mol. The number of rotatable bonds is 3. The summed E-state index contributed by atoms with van der Waals surface area (Å²) in [6.45, 7) is 2.37. The summed E-state index contributed by atoms with van der Waals surface area (Å²) in [5.74, 6) is 3.35. The van der Waals surface area contributed by atoms with E-state index in [0.717, 1.165) is 24.2 Å². The Hall–Kier alpha value is -0.930. The normalized spacial score (nSPS) is 35.2. The molecule has 0 unspecified atom stereocenters. The van der Waals surface area contributed by atoms with Crippen LogP contribution in [0.5, 0.6) is 0 Å². The minimum Gasteiger partial charge on any atom is -0.410 e. The highest BCUT2D eigenvalue weighted by molar-refractivity contribution is 5.23. The van der Waals surface area contributed by atoms with Crippen LogP contribution in [-0.4, -0.2) is 6.36 Å². The molecule has 0 aromatic carbocycles. The van der Waals surface area contributed by atoms with Crippen LogP contribution in [0.4, 0.5) is 13.2 Å². The van der Waals surface area contributed by atoms with Crippen LogP contribution in [0.1, 0.15) is 71.1 Å². The van der Waals surface area contributed by atoms with Gasteiger partial charge in [0.15, 0.2) is 0 Å². The first-order chi connectivity index (χ1) is 11.4. The van der Waals surface area contributed by atoms with Crippen LogP contribution in [0, 0.1) is 23.7 Å². The van der Waals surface area contributed by atoms with Crippen molar-refractivity contribution in [2.75, 3.05) is 0 Å². The van der Waals surface area contributed by atoms with Crippen LogP contribution < -0.4 is 0 Å². The number of allylic oxidation sites excluding steroid dienone is 4. The number of hydrogen-bond acceptors (Lipinski definition) is 1. The fourth-order valence-electron chi connectivity index (χ4n) is 4.93. The number of hydrogen-bond donors (Lipinski definition) is 0. The van der Waals surface area contributed by atoms with Gasteiger partial charge >= 0.3 is 6.36 Å². The summed E-state index contributed by atoms with van der Waals surface area (Å²) in [6, 6.07) is 0. The van der Waals surface area contributed by atoms with Gasteiger partial charge in [-0.2, -0.15) is 0 Å². The fraction of sp³-hybridized carbons (Fsp3) is 0.800. The largest absolute Gasteiger partial charge is 0.572 e. The van der Waals surface area contributed by atoms with Gasteiger partial charge < -0.3 is 4.74 Å². The van der Waals surface area contributed by atoms with E-state index in [4.69, 9.17) is 0 Å². The third-order valence-electron chi connectivity index (χ3n) is 6.41. The first-order valence-electron chi connectivity index (χ1n) is 9.56. The molecule has 0 radical (unpaired) electrons. The standard InChI is InChI=1S/C20H29F3O/c1-14-2-4-15(5-3-14)16-6-8-17(9-7-16)18-10-12-19(13-11-18)24-20(21,22)23/h10,12,14-17H,2-9,11,13H2,1H3. The third kappa shape index (κ3) is 4.80. The van der Waals surface area contributed by atoms with E-state index in [1.807, 2.05) is 6.08 Å². The van der Waals surface area contributed by atoms with Crippen LogP contribution in [-0.2, 0) is 4.74 Å². The zero-order valence-electron chi connectivity index (χ0n) is 14.6. The lowest BCUT2D eigenvalue weighted by atomic mass is 9.68. The molecule has 2 fully saturated rings. The first kappa shape index (κ1) is 17.9. The van der Waals surface area contributed by atoms with Crippen molar-refractivity contribution in [3.63, 3.8) is 0 Å². The lowest BCUT2D eigenvalue weighted by molar-refractivity contribution is -0.306. The van der Waals surface area contributed by atoms with Gasteiger partial charge in [-0.1, -0.05) is 31.4 Å². The van der Waals surface area contributed by atoms with Gasteiger partial charge in [0.25, 0.3) is 0 Å². The molecular formula is C20H29F3O. The Kier molecular flexibility index (Phi) is 5.61. The van der Waals surface area contributed by atoms with Gasteiger partial charge in [0.05, 0.1) is 0 Å². The third-order valence-corrected chi connectivity index (χ3v) is 6.41.